The summed E-state index contributed by atoms with van der Waals surface area (Å²) in [5.74, 6) is -0.387. The van der Waals surface area contributed by atoms with E-state index in [2.05, 4.69) is 9.97 Å². The topological polar surface area (TPSA) is 73.1 Å². The number of hydrogen-bond acceptors (Lipinski definition) is 5. The van der Waals surface area contributed by atoms with E-state index in [0.29, 0.717) is 18.5 Å². The Morgan fingerprint density at radius 1 is 1.03 bits per heavy atom. The number of rotatable bonds is 3. The van der Waals surface area contributed by atoms with Crippen molar-refractivity contribution in [1.29, 1.82) is 5.26 Å². The van der Waals surface area contributed by atoms with Crippen LogP contribution in [-0.2, 0) is 11.0 Å². The molecule has 0 bridgehead atoms. The van der Waals surface area contributed by atoms with Crippen LogP contribution in [0.25, 0.3) is 11.1 Å². The second-order valence-corrected chi connectivity index (χ2v) is 8.49. The van der Waals surface area contributed by atoms with Crippen LogP contribution in [0.3, 0.4) is 0 Å². The zero-order valence-corrected chi connectivity index (χ0v) is 18.4. The van der Waals surface area contributed by atoms with Gasteiger partial charge in [0.1, 0.15) is 11.6 Å². The first-order valence-electron chi connectivity index (χ1n) is 10.4. The Hall–Kier alpha value is -3.84. The molecule has 2 aliphatic rings. The molecule has 1 aliphatic heterocycles. The highest BCUT2D eigenvalue weighted by atomic mass is 32.1. The number of anilines is 2. The number of benzene rings is 1. The van der Waals surface area contributed by atoms with Crippen LogP contribution >= 0.6 is 12.2 Å². The standard InChI is InChI=1S/C24H16F3N5OS/c25-24(26,27)19-12-18(14-30-20(19)13-28)31-21(33)23(8-1-9-23)32(22(31)34)17-4-2-15(3-5-17)16-6-10-29-11-7-16/h2-7,10-12,14H,1,8-9H2. The summed E-state index contributed by atoms with van der Waals surface area (Å²) in [6, 6.07) is 13.5. The SMILES string of the molecule is N#Cc1ncc(N2C(=O)C3(CCC3)N(c3ccc(-c4ccncc4)cc3)C2=S)cc1C(F)(F)F. The van der Waals surface area contributed by atoms with E-state index in [1.54, 1.807) is 17.3 Å². The number of alkyl halides is 3. The first-order valence-corrected chi connectivity index (χ1v) is 10.8. The van der Waals surface area contributed by atoms with Crippen LogP contribution < -0.4 is 9.80 Å². The van der Waals surface area contributed by atoms with Crippen LogP contribution in [0, 0.1) is 11.3 Å². The summed E-state index contributed by atoms with van der Waals surface area (Å²) in [4.78, 5) is 24.0. The van der Waals surface area contributed by atoms with Crippen molar-refractivity contribution in [1.82, 2.24) is 9.97 Å². The molecule has 3 aromatic rings. The summed E-state index contributed by atoms with van der Waals surface area (Å²) in [6.07, 6.45) is 1.54. The Balaban J connectivity index is 1.55. The van der Waals surface area contributed by atoms with Gasteiger partial charge in [-0.05, 0) is 72.9 Å². The van der Waals surface area contributed by atoms with Gasteiger partial charge in [0.05, 0.1) is 17.4 Å². The van der Waals surface area contributed by atoms with E-state index in [9.17, 15) is 18.0 Å². The summed E-state index contributed by atoms with van der Waals surface area (Å²) >= 11 is 5.63. The lowest BCUT2D eigenvalue weighted by Gasteiger charge is -2.43. The molecule has 0 radical (unpaired) electrons. The minimum absolute atomic E-state index is 0.0843. The van der Waals surface area contributed by atoms with Crippen molar-refractivity contribution < 1.29 is 18.0 Å². The van der Waals surface area contributed by atoms with Crippen molar-refractivity contribution in [2.75, 3.05) is 9.80 Å². The molecule has 170 valence electrons. The molecule has 1 amide bonds. The second kappa shape index (κ2) is 7.88. The van der Waals surface area contributed by atoms with Gasteiger partial charge in [0, 0.05) is 18.1 Å². The number of amides is 1. The maximum absolute atomic E-state index is 13.5. The molecule has 1 saturated heterocycles. The van der Waals surface area contributed by atoms with Crippen molar-refractivity contribution in [3.05, 3.63) is 72.3 Å². The lowest BCUT2D eigenvalue weighted by Crippen LogP contribution is -2.55. The van der Waals surface area contributed by atoms with Crippen LogP contribution in [0.4, 0.5) is 24.5 Å². The first-order chi connectivity index (χ1) is 16.3. The Morgan fingerprint density at radius 3 is 2.24 bits per heavy atom. The summed E-state index contributed by atoms with van der Waals surface area (Å²) in [6.45, 7) is 0. The van der Waals surface area contributed by atoms with Crippen molar-refractivity contribution in [2.24, 2.45) is 0 Å². The van der Waals surface area contributed by atoms with Crippen molar-refractivity contribution >= 4 is 34.6 Å². The Morgan fingerprint density at radius 2 is 1.68 bits per heavy atom. The Labute approximate surface area is 198 Å². The monoisotopic (exact) mass is 479 g/mol. The fourth-order valence-corrected chi connectivity index (χ4v) is 4.91. The van der Waals surface area contributed by atoms with Crippen LogP contribution in [0.1, 0.15) is 30.5 Å². The predicted octanol–water partition coefficient (Wildman–Crippen LogP) is 5.09. The molecule has 1 saturated carbocycles. The van der Waals surface area contributed by atoms with Gasteiger partial charge in [-0.15, -0.1) is 0 Å². The molecule has 0 atom stereocenters. The number of halogens is 3. The Kier molecular flexibility index (Phi) is 5.10. The molecule has 6 nitrogen and oxygen atoms in total. The lowest BCUT2D eigenvalue weighted by molar-refractivity contribution is -0.138. The average Bonchev–Trinajstić information content (AvgIpc) is 3.05. The highest BCUT2D eigenvalue weighted by molar-refractivity contribution is 7.81. The number of nitrogens with zero attached hydrogens (tertiary/aromatic N) is 5. The molecule has 0 N–H and O–H groups in total. The van der Waals surface area contributed by atoms with Gasteiger partial charge in [-0.2, -0.15) is 18.4 Å². The van der Waals surface area contributed by atoms with E-state index < -0.39 is 23.0 Å². The van der Waals surface area contributed by atoms with Gasteiger partial charge in [-0.1, -0.05) is 12.1 Å². The van der Waals surface area contributed by atoms with Crippen molar-refractivity contribution in [3.63, 3.8) is 0 Å². The molecule has 0 unspecified atom stereocenters. The predicted molar refractivity (Wildman–Crippen MR) is 123 cm³/mol. The number of pyridine rings is 2. The molecule has 3 heterocycles. The van der Waals surface area contributed by atoms with Gasteiger partial charge < -0.3 is 4.90 Å². The van der Waals surface area contributed by atoms with E-state index in [0.717, 1.165) is 34.7 Å². The zero-order chi connectivity index (χ0) is 24.1. The number of carbonyl (C=O) groups is 1. The lowest BCUT2D eigenvalue weighted by atomic mass is 9.75. The smallest absolute Gasteiger partial charge is 0.303 e. The fourth-order valence-electron chi connectivity index (χ4n) is 4.44. The highest BCUT2D eigenvalue weighted by Gasteiger charge is 2.59. The third-order valence-corrected chi connectivity index (χ3v) is 6.64. The van der Waals surface area contributed by atoms with Crippen LogP contribution in [0.2, 0.25) is 0 Å². The molecule has 2 aromatic heterocycles. The van der Waals surface area contributed by atoms with Gasteiger partial charge in [0.15, 0.2) is 10.8 Å². The fraction of sp³-hybridized carbons (Fsp3) is 0.208. The molecule has 5 rings (SSSR count). The summed E-state index contributed by atoms with van der Waals surface area (Å²) in [7, 11) is 0. The zero-order valence-electron chi connectivity index (χ0n) is 17.6. The minimum atomic E-state index is -4.80. The molecule has 2 fully saturated rings. The van der Waals surface area contributed by atoms with E-state index in [4.69, 9.17) is 17.5 Å². The summed E-state index contributed by atoms with van der Waals surface area (Å²) < 4.78 is 40.5. The molecular weight excluding hydrogens is 463 g/mol. The number of hydrogen-bond donors (Lipinski definition) is 0. The Bertz CT molecular complexity index is 1330. The summed E-state index contributed by atoms with van der Waals surface area (Å²) in [5, 5.41) is 9.12. The quantitative estimate of drug-likeness (QED) is 0.487. The number of nitriles is 1. The van der Waals surface area contributed by atoms with Gasteiger partial charge in [-0.3, -0.25) is 14.7 Å². The van der Waals surface area contributed by atoms with Gasteiger partial charge in [0.25, 0.3) is 5.91 Å². The van der Waals surface area contributed by atoms with E-state index in [1.165, 1.54) is 6.07 Å². The van der Waals surface area contributed by atoms with Crippen molar-refractivity contribution in [2.45, 2.75) is 31.0 Å². The molecule has 10 heteroatoms. The largest absolute Gasteiger partial charge is 0.419 e. The van der Waals surface area contributed by atoms with Gasteiger partial charge >= 0.3 is 6.18 Å². The van der Waals surface area contributed by atoms with Gasteiger partial charge in [-0.25, -0.2) is 4.98 Å². The molecule has 34 heavy (non-hydrogen) atoms. The third kappa shape index (κ3) is 3.31. The minimum Gasteiger partial charge on any atom is -0.303 e. The number of aromatic nitrogens is 2. The van der Waals surface area contributed by atoms with Crippen molar-refractivity contribution in [3.8, 4) is 17.2 Å². The van der Waals surface area contributed by atoms with E-state index >= 15 is 0 Å². The maximum Gasteiger partial charge on any atom is 0.419 e. The highest BCUT2D eigenvalue weighted by Crippen LogP contribution is 2.48. The number of carbonyl (C=O) groups excluding carboxylic acids is 1. The molecule has 1 aliphatic carbocycles. The number of thiocarbonyl (C=S) groups is 1. The maximum atomic E-state index is 13.5. The molecule has 1 aromatic carbocycles. The summed E-state index contributed by atoms with van der Waals surface area (Å²) in [5.41, 5.74) is -0.402. The van der Waals surface area contributed by atoms with Crippen LogP contribution in [-0.4, -0.2) is 26.5 Å². The second-order valence-electron chi connectivity index (χ2n) is 8.13. The van der Waals surface area contributed by atoms with E-state index in [-0.39, 0.29) is 16.7 Å². The third-order valence-electron chi connectivity index (χ3n) is 6.27. The molecule has 1 spiro atoms. The average molecular weight is 479 g/mol. The normalized spacial score (nSPS) is 17.1. The van der Waals surface area contributed by atoms with Gasteiger partial charge in [0.2, 0.25) is 0 Å². The van der Waals surface area contributed by atoms with Crippen LogP contribution in [0.15, 0.2) is 61.1 Å². The molecular formula is C24H16F3N5OS. The first kappa shape index (κ1) is 22.0. The van der Waals surface area contributed by atoms with E-state index in [1.807, 2.05) is 36.4 Å². The van der Waals surface area contributed by atoms with Crippen LogP contribution in [0.5, 0.6) is 0 Å².